The zero-order valence-electron chi connectivity index (χ0n) is 13.8. The summed E-state index contributed by atoms with van der Waals surface area (Å²) in [6.07, 6.45) is 0.990. The molecule has 2 aromatic rings. The molecule has 25 heavy (non-hydrogen) atoms. The number of nitrogens with one attached hydrogen (secondary N) is 2. The number of para-hydroxylation sites is 1. The van der Waals surface area contributed by atoms with Gasteiger partial charge in [-0.05, 0) is 36.2 Å². The number of ether oxygens (including phenoxy) is 1. The molecule has 130 valence electrons. The maximum absolute atomic E-state index is 12.5. The van der Waals surface area contributed by atoms with Gasteiger partial charge in [0.25, 0.3) is 11.8 Å². The minimum atomic E-state index is -0.585. The number of hydrogen-bond donors (Lipinski definition) is 3. The van der Waals surface area contributed by atoms with Crippen LogP contribution in [0, 0.1) is 0 Å². The topological polar surface area (TPSA) is 93.5 Å². The van der Waals surface area contributed by atoms with E-state index in [2.05, 4.69) is 22.8 Å². The highest BCUT2D eigenvalue weighted by Crippen LogP contribution is 2.22. The van der Waals surface area contributed by atoms with Crippen molar-refractivity contribution in [1.82, 2.24) is 10.6 Å². The van der Waals surface area contributed by atoms with E-state index in [-0.39, 0.29) is 18.6 Å². The number of primary amides is 1. The fourth-order valence-electron chi connectivity index (χ4n) is 2.99. The van der Waals surface area contributed by atoms with Crippen molar-refractivity contribution in [3.05, 3.63) is 65.2 Å². The number of hydrogen-bond acceptors (Lipinski definition) is 4. The standard InChI is InChI=1S/C19H21N3O3/c20-18(23)12-25-17-8-4-3-7-15(17)19(24)22-11-16-14-6-2-1-5-13(14)9-10-21-16/h1-8,16,21H,9-12H2,(H2,20,23)(H,22,24). The number of nitrogens with two attached hydrogens (primary N) is 1. The molecule has 0 radical (unpaired) electrons. The van der Waals surface area contributed by atoms with Crippen LogP contribution in [0.4, 0.5) is 0 Å². The van der Waals surface area contributed by atoms with Crippen LogP contribution in [0.25, 0.3) is 0 Å². The van der Waals surface area contributed by atoms with Gasteiger partial charge in [-0.25, -0.2) is 0 Å². The van der Waals surface area contributed by atoms with Crippen LogP contribution in [0.1, 0.15) is 27.5 Å². The van der Waals surface area contributed by atoms with Crippen molar-refractivity contribution >= 4 is 11.8 Å². The second-order valence-electron chi connectivity index (χ2n) is 5.92. The minimum Gasteiger partial charge on any atom is -0.483 e. The van der Waals surface area contributed by atoms with Gasteiger partial charge < -0.3 is 21.1 Å². The van der Waals surface area contributed by atoms with Crippen LogP contribution >= 0.6 is 0 Å². The van der Waals surface area contributed by atoms with Crippen molar-refractivity contribution in [1.29, 1.82) is 0 Å². The highest BCUT2D eigenvalue weighted by atomic mass is 16.5. The molecule has 1 aliphatic rings. The van der Waals surface area contributed by atoms with E-state index in [1.165, 1.54) is 11.1 Å². The van der Waals surface area contributed by atoms with E-state index < -0.39 is 5.91 Å². The monoisotopic (exact) mass is 339 g/mol. The summed E-state index contributed by atoms with van der Waals surface area (Å²) in [6.45, 7) is 1.09. The molecule has 0 saturated heterocycles. The summed E-state index contributed by atoms with van der Waals surface area (Å²) >= 11 is 0. The van der Waals surface area contributed by atoms with Gasteiger partial charge in [0, 0.05) is 12.6 Å². The molecule has 0 spiro atoms. The summed E-state index contributed by atoms with van der Waals surface area (Å²) < 4.78 is 5.32. The third kappa shape index (κ3) is 4.16. The fourth-order valence-corrected chi connectivity index (χ4v) is 2.99. The van der Waals surface area contributed by atoms with E-state index in [0.717, 1.165) is 13.0 Å². The fraction of sp³-hybridized carbons (Fsp3) is 0.263. The molecule has 1 atom stereocenters. The third-order valence-electron chi connectivity index (χ3n) is 4.18. The Morgan fingerprint density at radius 3 is 2.76 bits per heavy atom. The van der Waals surface area contributed by atoms with E-state index in [0.29, 0.717) is 17.9 Å². The van der Waals surface area contributed by atoms with Gasteiger partial charge in [-0.2, -0.15) is 0 Å². The number of benzene rings is 2. The average molecular weight is 339 g/mol. The minimum absolute atomic E-state index is 0.0765. The van der Waals surface area contributed by atoms with Crippen LogP contribution in [0.15, 0.2) is 48.5 Å². The molecule has 2 aromatic carbocycles. The number of fused-ring (bicyclic) bond motifs is 1. The Bertz CT molecular complexity index is 776. The maximum Gasteiger partial charge on any atom is 0.255 e. The maximum atomic E-state index is 12.5. The van der Waals surface area contributed by atoms with Crippen LogP contribution in [0.3, 0.4) is 0 Å². The molecule has 0 saturated carbocycles. The van der Waals surface area contributed by atoms with E-state index in [1.807, 2.05) is 12.1 Å². The Kier molecular flexibility index (Phi) is 5.30. The molecular formula is C19H21N3O3. The largest absolute Gasteiger partial charge is 0.483 e. The SMILES string of the molecule is NC(=O)COc1ccccc1C(=O)NCC1NCCc2ccccc21. The molecule has 4 N–H and O–H groups in total. The molecular weight excluding hydrogens is 318 g/mol. The van der Waals surface area contributed by atoms with Gasteiger partial charge in [-0.15, -0.1) is 0 Å². The molecule has 1 unspecified atom stereocenters. The lowest BCUT2D eigenvalue weighted by Crippen LogP contribution is -2.39. The van der Waals surface area contributed by atoms with Gasteiger partial charge in [-0.1, -0.05) is 36.4 Å². The summed E-state index contributed by atoms with van der Waals surface area (Å²) in [7, 11) is 0. The second kappa shape index (κ2) is 7.81. The van der Waals surface area contributed by atoms with Crippen LogP contribution in [0.2, 0.25) is 0 Å². The summed E-state index contributed by atoms with van der Waals surface area (Å²) in [5.41, 5.74) is 8.00. The van der Waals surface area contributed by atoms with E-state index in [9.17, 15) is 9.59 Å². The van der Waals surface area contributed by atoms with Crippen molar-refractivity contribution in [2.75, 3.05) is 19.7 Å². The molecule has 0 fully saturated rings. The second-order valence-corrected chi connectivity index (χ2v) is 5.92. The first-order valence-corrected chi connectivity index (χ1v) is 8.24. The Labute approximate surface area is 146 Å². The zero-order chi connectivity index (χ0) is 17.6. The molecule has 3 rings (SSSR count). The first kappa shape index (κ1) is 17.0. The molecule has 2 amide bonds. The zero-order valence-corrected chi connectivity index (χ0v) is 13.8. The number of amides is 2. The number of carbonyl (C=O) groups excluding carboxylic acids is 2. The van der Waals surface area contributed by atoms with Gasteiger partial charge in [0.15, 0.2) is 6.61 Å². The first-order valence-electron chi connectivity index (χ1n) is 8.24. The predicted molar refractivity (Wildman–Crippen MR) is 94.4 cm³/mol. The average Bonchev–Trinajstić information content (AvgIpc) is 2.64. The molecule has 0 bridgehead atoms. The highest BCUT2D eigenvalue weighted by Gasteiger charge is 2.20. The van der Waals surface area contributed by atoms with Crippen molar-refractivity contribution in [3.8, 4) is 5.75 Å². The van der Waals surface area contributed by atoms with Crippen molar-refractivity contribution in [3.63, 3.8) is 0 Å². The quantitative estimate of drug-likeness (QED) is 0.736. The van der Waals surface area contributed by atoms with Crippen LogP contribution in [-0.2, 0) is 11.2 Å². The van der Waals surface area contributed by atoms with Crippen LogP contribution < -0.4 is 21.1 Å². The summed E-state index contributed by atoms with van der Waals surface area (Å²) in [5, 5.41) is 6.37. The van der Waals surface area contributed by atoms with Gasteiger partial charge in [0.1, 0.15) is 5.75 Å². The van der Waals surface area contributed by atoms with E-state index >= 15 is 0 Å². The molecule has 6 heteroatoms. The number of rotatable bonds is 6. The van der Waals surface area contributed by atoms with E-state index in [4.69, 9.17) is 10.5 Å². The van der Waals surface area contributed by atoms with Crippen molar-refractivity contribution in [2.45, 2.75) is 12.5 Å². The molecule has 1 heterocycles. The van der Waals surface area contributed by atoms with Crippen LogP contribution in [0.5, 0.6) is 5.75 Å². The third-order valence-corrected chi connectivity index (χ3v) is 4.18. The van der Waals surface area contributed by atoms with Crippen molar-refractivity contribution < 1.29 is 14.3 Å². The molecule has 1 aliphatic heterocycles. The summed E-state index contributed by atoms with van der Waals surface area (Å²) in [4.78, 5) is 23.4. The number of carbonyl (C=O) groups is 2. The van der Waals surface area contributed by atoms with Crippen LogP contribution in [-0.4, -0.2) is 31.5 Å². The smallest absolute Gasteiger partial charge is 0.255 e. The summed E-state index contributed by atoms with van der Waals surface area (Å²) in [6, 6.07) is 15.1. The Hall–Kier alpha value is -2.86. The van der Waals surface area contributed by atoms with Gasteiger partial charge in [0.2, 0.25) is 0 Å². The van der Waals surface area contributed by atoms with E-state index in [1.54, 1.807) is 24.3 Å². The Morgan fingerprint density at radius 1 is 1.16 bits per heavy atom. The Morgan fingerprint density at radius 2 is 1.92 bits per heavy atom. The first-order chi connectivity index (χ1) is 12.1. The lowest BCUT2D eigenvalue weighted by molar-refractivity contribution is -0.119. The molecule has 0 aliphatic carbocycles. The van der Waals surface area contributed by atoms with Gasteiger partial charge in [0.05, 0.1) is 5.56 Å². The Balaban J connectivity index is 1.67. The highest BCUT2D eigenvalue weighted by molar-refractivity contribution is 5.97. The van der Waals surface area contributed by atoms with Gasteiger partial charge in [-0.3, -0.25) is 9.59 Å². The normalized spacial score (nSPS) is 15.9. The lowest BCUT2D eigenvalue weighted by atomic mass is 9.94. The van der Waals surface area contributed by atoms with Gasteiger partial charge >= 0.3 is 0 Å². The predicted octanol–water partition coefficient (Wildman–Crippen LogP) is 1.17. The summed E-state index contributed by atoms with van der Waals surface area (Å²) in [5.74, 6) is -0.487. The lowest BCUT2D eigenvalue weighted by Gasteiger charge is -2.27. The molecule has 0 aromatic heterocycles. The van der Waals surface area contributed by atoms with Crippen molar-refractivity contribution in [2.24, 2.45) is 5.73 Å². The molecule has 6 nitrogen and oxygen atoms in total.